The molecule has 1 amide bonds. The molecule has 1 unspecified atom stereocenters. The first-order chi connectivity index (χ1) is 9.23. The van der Waals surface area contributed by atoms with E-state index < -0.39 is 0 Å². The van der Waals surface area contributed by atoms with Crippen LogP contribution in [0.2, 0.25) is 5.02 Å². The normalized spacial score (nSPS) is 13.1. The predicted octanol–water partition coefficient (Wildman–Crippen LogP) is 3.17. The van der Waals surface area contributed by atoms with Gasteiger partial charge in [0.1, 0.15) is 5.69 Å². The minimum Gasteiger partial charge on any atom is -0.340 e. The molecule has 0 aliphatic rings. The van der Waals surface area contributed by atoms with E-state index in [1.54, 1.807) is 24.2 Å². The number of rotatable bonds is 6. The quantitative estimate of drug-likeness (QED) is 0.877. The van der Waals surface area contributed by atoms with Gasteiger partial charge in [0, 0.05) is 31.9 Å². The third kappa shape index (κ3) is 4.25. The summed E-state index contributed by atoms with van der Waals surface area (Å²) >= 11 is 6.02. The van der Waals surface area contributed by atoms with Gasteiger partial charge in [-0.1, -0.05) is 25.4 Å². The van der Waals surface area contributed by atoms with E-state index in [1.165, 1.54) is 0 Å². The Morgan fingerprint density at radius 1 is 1.40 bits per heavy atom. The number of aromatic nitrogens is 1. The standard InChI is InChI=1S/C15H26ClN3O/c1-10(2)13(17)6-7-18(5)15(20)14-8-12(16)9-19(14)11(3)4/h8-11,13H,6-7,17H2,1-5H3. The van der Waals surface area contributed by atoms with Crippen LogP contribution in [0.3, 0.4) is 0 Å². The molecule has 1 atom stereocenters. The lowest BCUT2D eigenvalue weighted by atomic mass is 10.0. The molecule has 2 N–H and O–H groups in total. The second-order valence-electron chi connectivity index (χ2n) is 5.97. The van der Waals surface area contributed by atoms with Gasteiger partial charge in [-0.05, 0) is 32.3 Å². The molecule has 0 saturated carbocycles. The molecule has 0 aliphatic heterocycles. The first-order valence-electron chi connectivity index (χ1n) is 7.12. The van der Waals surface area contributed by atoms with Crippen LogP contribution in [0.5, 0.6) is 0 Å². The van der Waals surface area contributed by atoms with Gasteiger partial charge in [-0.25, -0.2) is 0 Å². The molecular weight excluding hydrogens is 274 g/mol. The number of hydrogen-bond acceptors (Lipinski definition) is 2. The van der Waals surface area contributed by atoms with E-state index in [2.05, 4.69) is 13.8 Å². The van der Waals surface area contributed by atoms with Crippen LogP contribution in [-0.4, -0.2) is 35.0 Å². The Morgan fingerprint density at radius 3 is 2.50 bits per heavy atom. The Labute approximate surface area is 126 Å². The molecule has 1 aromatic rings. The molecule has 0 saturated heterocycles. The average molecular weight is 300 g/mol. The summed E-state index contributed by atoms with van der Waals surface area (Å²) in [5, 5.41) is 0.592. The minimum absolute atomic E-state index is 0.0124. The summed E-state index contributed by atoms with van der Waals surface area (Å²) in [4.78, 5) is 14.2. The van der Waals surface area contributed by atoms with E-state index in [4.69, 9.17) is 17.3 Å². The molecule has 1 heterocycles. The fraction of sp³-hybridized carbons (Fsp3) is 0.667. The maximum absolute atomic E-state index is 12.5. The van der Waals surface area contributed by atoms with Crippen LogP contribution < -0.4 is 5.73 Å². The average Bonchev–Trinajstić information content (AvgIpc) is 2.76. The van der Waals surface area contributed by atoms with Crippen molar-refractivity contribution in [1.29, 1.82) is 0 Å². The molecule has 0 aliphatic carbocycles. The number of carbonyl (C=O) groups excluding carboxylic acids is 1. The zero-order valence-corrected chi connectivity index (χ0v) is 13.8. The Balaban J connectivity index is 2.74. The number of halogens is 1. The van der Waals surface area contributed by atoms with E-state index >= 15 is 0 Å². The molecule has 0 aromatic carbocycles. The Bertz CT molecular complexity index is 454. The highest BCUT2D eigenvalue weighted by Crippen LogP contribution is 2.20. The third-order valence-electron chi connectivity index (χ3n) is 3.59. The lowest BCUT2D eigenvalue weighted by molar-refractivity contribution is 0.0777. The van der Waals surface area contributed by atoms with Crippen molar-refractivity contribution in [2.24, 2.45) is 11.7 Å². The van der Waals surface area contributed by atoms with Crippen LogP contribution in [-0.2, 0) is 0 Å². The third-order valence-corrected chi connectivity index (χ3v) is 3.80. The molecule has 0 radical (unpaired) electrons. The molecule has 5 heteroatoms. The van der Waals surface area contributed by atoms with E-state index in [-0.39, 0.29) is 18.0 Å². The summed E-state index contributed by atoms with van der Waals surface area (Å²) in [5.41, 5.74) is 6.65. The van der Waals surface area contributed by atoms with Crippen LogP contribution in [0, 0.1) is 5.92 Å². The summed E-state index contributed by atoms with van der Waals surface area (Å²) in [7, 11) is 1.81. The predicted molar refractivity (Wildman–Crippen MR) is 84.2 cm³/mol. The largest absolute Gasteiger partial charge is 0.340 e. The van der Waals surface area contributed by atoms with Gasteiger partial charge in [0.15, 0.2) is 0 Å². The number of carbonyl (C=O) groups is 1. The zero-order chi connectivity index (χ0) is 15.4. The van der Waals surface area contributed by atoms with Crippen molar-refractivity contribution in [3.05, 3.63) is 23.0 Å². The summed E-state index contributed by atoms with van der Waals surface area (Å²) in [6.45, 7) is 8.90. The van der Waals surface area contributed by atoms with Crippen LogP contribution in [0.1, 0.15) is 50.6 Å². The summed E-state index contributed by atoms with van der Waals surface area (Å²) in [6.07, 6.45) is 2.60. The minimum atomic E-state index is -0.0124. The fourth-order valence-corrected chi connectivity index (χ4v) is 2.23. The van der Waals surface area contributed by atoms with Crippen molar-refractivity contribution in [1.82, 2.24) is 9.47 Å². The molecule has 20 heavy (non-hydrogen) atoms. The molecule has 114 valence electrons. The Hall–Kier alpha value is -1.00. The van der Waals surface area contributed by atoms with Crippen molar-refractivity contribution >= 4 is 17.5 Å². The number of nitrogens with two attached hydrogens (primary N) is 1. The van der Waals surface area contributed by atoms with Gasteiger partial charge >= 0.3 is 0 Å². The van der Waals surface area contributed by atoms with Gasteiger partial charge in [0.25, 0.3) is 5.91 Å². The molecular formula is C15H26ClN3O. The maximum Gasteiger partial charge on any atom is 0.270 e. The lowest BCUT2D eigenvalue weighted by Gasteiger charge is -2.22. The summed E-state index contributed by atoms with van der Waals surface area (Å²) < 4.78 is 1.91. The summed E-state index contributed by atoms with van der Waals surface area (Å²) in [5.74, 6) is 0.411. The van der Waals surface area contributed by atoms with Crippen molar-refractivity contribution in [2.75, 3.05) is 13.6 Å². The van der Waals surface area contributed by atoms with Gasteiger partial charge in [0.05, 0.1) is 5.02 Å². The molecule has 1 rings (SSSR count). The van der Waals surface area contributed by atoms with Crippen molar-refractivity contribution in [2.45, 2.75) is 46.2 Å². The summed E-state index contributed by atoms with van der Waals surface area (Å²) in [6, 6.07) is 2.04. The van der Waals surface area contributed by atoms with E-state index in [0.29, 0.717) is 23.2 Å². The second-order valence-corrected chi connectivity index (χ2v) is 6.40. The molecule has 0 bridgehead atoms. The van der Waals surface area contributed by atoms with Gasteiger partial charge in [-0.2, -0.15) is 0 Å². The van der Waals surface area contributed by atoms with Crippen molar-refractivity contribution in [3.8, 4) is 0 Å². The highest BCUT2D eigenvalue weighted by Gasteiger charge is 2.19. The monoisotopic (exact) mass is 299 g/mol. The molecule has 4 nitrogen and oxygen atoms in total. The highest BCUT2D eigenvalue weighted by molar-refractivity contribution is 6.31. The van der Waals surface area contributed by atoms with Crippen molar-refractivity contribution < 1.29 is 4.79 Å². The number of amides is 1. The van der Waals surface area contributed by atoms with Gasteiger partial charge < -0.3 is 15.2 Å². The fourth-order valence-electron chi connectivity index (χ4n) is 2.02. The second kappa shape index (κ2) is 7.14. The SMILES string of the molecule is CC(C)C(N)CCN(C)C(=O)c1cc(Cl)cn1C(C)C. The van der Waals surface area contributed by atoms with Crippen molar-refractivity contribution in [3.63, 3.8) is 0 Å². The van der Waals surface area contributed by atoms with Gasteiger partial charge in [-0.15, -0.1) is 0 Å². The Kier molecular flexibility index (Phi) is 6.08. The first-order valence-corrected chi connectivity index (χ1v) is 7.50. The van der Waals surface area contributed by atoms with E-state index in [0.717, 1.165) is 6.42 Å². The zero-order valence-electron chi connectivity index (χ0n) is 13.1. The highest BCUT2D eigenvalue weighted by atomic mass is 35.5. The lowest BCUT2D eigenvalue weighted by Crippen LogP contribution is -2.35. The smallest absolute Gasteiger partial charge is 0.270 e. The van der Waals surface area contributed by atoms with Gasteiger partial charge in [0.2, 0.25) is 0 Å². The van der Waals surface area contributed by atoms with Crippen LogP contribution >= 0.6 is 11.6 Å². The van der Waals surface area contributed by atoms with Crippen LogP contribution in [0.25, 0.3) is 0 Å². The van der Waals surface area contributed by atoms with E-state index in [9.17, 15) is 4.79 Å². The number of nitrogens with zero attached hydrogens (tertiary/aromatic N) is 2. The van der Waals surface area contributed by atoms with E-state index in [1.807, 2.05) is 18.4 Å². The number of hydrogen-bond donors (Lipinski definition) is 1. The topological polar surface area (TPSA) is 51.3 Å². The molecule has 1 aromatic heterocycles. The molecule has 0 spiro atoms. The maximum atomic E-state index is 12.5. The van der Waals surface area contributed by atoms with Gasteiger partial charge in [-0.3, -0.25) is 4.79 Å². The van der Waals surface area contributed by atoms with Crippen LogP contribution in [0.15, 0.2) is 12.3 Å². The first kappa shape index (κ1) is 17.1. The molecule has 0 fully saturated rings. The van der Waals surface area contributed by atoms with Crippen LogP contribution in [0.4, 0.5) is 0 Å². The Morgan fingerprint density at radius 2 is 2.00 bits per heavy atom.